The van der Waals surface area contributed by atoms with Gasteiger partial charge in [-0.15, -0.1) is 11.3 Å². The molecule has 3 aromatic rings. The highest BCUT2D eigenvalue weighted by Crippen LogP contribution is 2.30. The van der Waals surface area contributed by atoms with Gasteiger partial charge in [0.1, 0.15) is 5.76 Å². The molecule has 1 saturated heterocycles. The summed E-state index contributed by atoms with van der Waals surface area (Å²) in [6, 6.07) is 5.95. The number of aromatic nitrogens is 1. The van der Waals surface area contributed by atoms with Crippen LogP contribution in [0.3, 0.4) is 0 Å². The van der Waals surface area contributed by atoms with Gasteiger partial charge >= 0.3 is 0 Å². The Morgan fingerprint density at radius 2 is 2.24 bits per heavy atom. The van der Waals surface area contributed by atoms with Crippen molar-refractivity contribution in [3.8, 4) is 0 Å². The molecule has 0 saturated carbocycles. The average molecular weight is 371 g/mol. The van der Waals surface area contributed by atoms with E-state index in [0.717, 1.165) is 35.8 Å². The summed E-state index contributed by atoms with van der Waals surface area (Å²) in [5.74, 6) is 0.111. The molecule has 4 heterocycles. The van der Waals surface area contributed by atoms with Crippen molar-refractivity contribution in [2.24, 2.45) is 0 Å². The SMILES string of the molecule is O=C1NC(=O)/C(=C\c2cc3cncc(NCCc4cccs4)c3o2)S1. The lowest BCUT2D eigenvalue weighted by Gasteiger charge is -2.05. The van der Waals surface area contributed by atoms with Gasteiger partial charge < -0.3 is 9.73 Å². The fraction of sp³-hybridized carbons (Fsp3) is 0.118. The van der Waals surface area contributed by atoms with Crippen molar-refractivity contribution in [2.45, 2.75) is 6.42 Å². The average Bonchev–Trinajstić information content (AvgIpc) is 3.29. The van der Waals surface area contributed by atoms with Crippen molar-refractivity contribution < 1.29 is 14.0 Å². The van der Waals surface area contributed by atoms with Crippen LogP contribution in [0.4, 0.5) is 10.5 Å². The number of hydrogen-bond acceptors (Lipinski definition) is 7. The molecule has 0 unspecified atom stereocenters. The van der Waals surface area contributed by atoms with E-state index >= 15 is 0 Å². The molecule has 2 amide bonds. The number of nitrogens with one attached hydrogen (secondary N) is 2. The number of furan rings is 1. The van der Waals surface area contributed by atoms with Crippen LogP contribution in [0.25, 0.3) is 17.0 Å². The lowest BCUT2D eigenvalue weighted by molar-refractivity contribution is -0.115. The first-order valence-corrected chi connectivity index (χ1v) is 9.27. The maximum Gasteiger partial charge on any atom is 0.290 e. The van der Waals surface area contributed by atoms with Crippen molar-refractivity contribution in [2.75, 3.05) is 11.9 Å². The fourth-order valence-corrected chi connectivity index (χ4v) is 3.88. The number of amides is 2. The third kappa shape index (κ3) is 3.45. The third-order valence-corrected chi connectivity index (χ3v) is 5.37. The minimum atomic E-state index is -0.400. The zero-order chi connectivity index (χ0) is 17.2. The number of carbonyl (C=O) groups is 2. The van der Waals surface area contributed by atoms with Gasteiger partial charge in [-0.1, -0.05) is 6.07 Å². The molecule has 1 aliphatic heterocycles. The molecule has 8 heteroatoms. The maximum atomic E-state index is 11.6. The van der Waals surface area contributed by atoms with E-state index in [1.807, 2.05) is 6.07 Å². The van der Waals surface area contributed by atoms with Gasteiger partial charge in [0, 0.05) is 29.1 Å². The Bertz CT molecular complexity index is 976. The van der Waals surface area contributed by atoms with Gasteiger partial charge in [0.15, 0.2) is 5.58 Å². The molecule has 1 aliphatic rings. The van der Waals surface area contributed by atoms with Gasteiger partial charge in [-0.05, 0) is 35.7 Å². The summed E-state index contributed by atoms with van der Waals surface area (Å²) in [5.41, 5.74) is 1.49. The quantitative estimate of drug-likeness (QED) is 0.663. The summed E-state index contributed by atoms with van der Waals surface area (Å²) in [6.07, 6.45) is 5.92. The van der Waals surface area contributed by atoms with Gasteiger partial charge in [-0.25, -0.2) is 0 Å². The molecule has 4 rings (SSSR count). The summed E-state index contributed by atoms with van der Waals surface area (Å²) < 4.78 is 5.85. The number of fused-ring (bicyclic) bond motifs is 1. The molecule has 6 nitrogen and oxygen atoms in total. The standard InChI is InChI=1S/C17H13N3O3S2/c21-16-14(25-17(22)20-16)7-11-6-10-8-18-9-13(15(10)23-11)19-4-3-12-2-1-5-24-12/h1-2,5-9,19H,3-4H2,(H,20,21,22)/b14-7+. The monoisotopic (exact) mass is 371 g/mol. The highest BCUT2D eigenvalue weighted by atomic mass is 32.2. The molecule has 25 heavy (non-hydrogen) atoms. The van der Waals surface area contributed by atoms with E-state index in [1.54, 1.807) is 35.9 Å². The summed E-state index contributed by atoms with van der Waals surface area (Å²) in [6.45, 7) is 0.769. The van der Waals surface area contributed by atoms with E-state index in [0.29, 0.717) is 16.2 Å². The zero-order valence-electron chi connectivity index (χ0n) is 12.9. The number of carbonyl (C=O) groups excluding carboxylic acids is 2. The van der Waals surface area contributed by atoms with E-state index in [2.05, 4.69) is 27.1 Å². The third-order valence-electron chi connectivity index (χ3n) is 3.62. The molecule has 0 aromatic carbocycles. The molecule has 1 fully saturated rings. The van der Waals surface area contributed by atoms with E-state index in [1.165, 1.54) is 4.88 Å². The Balaban J connectivity index is 1.55. The lowest BCUT2D eigenvalue weighted by atomic mass is 10.2. The molecular formula is C17H13N3O3S2. The van der Waals surface area contributed by atoms with Crippen LogP contribution in [0, 0.1) is 0 Å². The number of thioether (sulfide) groups is 1. The van der Waals surface area contributed by atoms with Crippen LogP contribution in [0.2, 0.25) is 0 Å². The Hall–Kier alpha value is -2.58. The van der Waals surface area contributed by atoms with Crippen LogP contribution in [-0.4, -0.2) is 22.7 Å². The van der Waals surface area contributed by atoms with Gasteiger partial charge in [0.25, 0.3) is 11.1 Å². The topological polar surface area (TPSA) is 84.2 Å². The smallest absolute Gasteiger partial charge is 0.290 e. The van der Waals surface area contributed by atoms with Crippen LogP contribution < -0.4 is 10.6 Å². The first kappa shape index (κ1) is 15.9. The second kappa shape index (κ2) is 6.73. The Kier molecular flexibility index (Phi) is 4.29. The van der Waals surface area contributed by atoms with Crippen LogP contribution in [0.1, 0.15) is 10.6 Å². The first-order chi connectivity index (χ1) is 12.2. The number of thiophene rings is 1. The van der Waals surface area contributed by atoms with Gasteiger partial charge in [-0.3, -0.25) is 19.9 Å². The number of pyridine rings is 1. The molecule has 0 bridgehead atoms. The number of imide groups is 1. The highest BCUT2D eigenvalue weighted by Gasteiger charge is 2.25. The van der Waals surface area contributed by atoms with Gasteiger partial charge in [-0.2, -0.15) is 0 Å². The Morgan fingerprint density at radius 1 is 1.32 bits per heavy atom. The summed E-state index contributed by atoms with van der Waals surface area (Å²) in [7, 11) is 0. The van der Waals surface area contributed by atoms with Crippen LogP contribution in [0.15, 0.2) is 45.3 Å². The van der Waals surface area contributed by atoms with Gasteiger partial charge in [0.2, 0.25) is 0 Å². The van der Waals surface area contributed by atoms with Crippen LogP contribution >= 0.6 is 23.1 Å². The number of rotatable bonds is 5. The number of hydrogen-bond donors (Lipinski definition) is 2. The van der Waals surface area contributed by atoms with E-state index in [9.17, 15) is 9.59 Å². The van der Waals surface area contributed by atoms with E-state index < -0.39 is 5.91 Å². The normalized spacial score (nSPS) is 15.9. The van der Waals surface area contributed by atoms with Crippen LogP contribution in [0.5, 0.6) is 0 Å². The van der Waals surface area contributed by atoms with E-state index in [4.69, 9.17) is 4.42 Å². The fourth-order valence-electron chi connectivity index (χ4n) is 2.50. The summed E-state index contributed by atoms with van der Waals surface area (Å²) in [5, 5.41) is 8.09. The minimum Gasteiger partial charge on any atom is -0.454 e. The second-order valence-electron chi connectivity index (χ2n) is 5.36. The summed E-state index contributed by atoms with van der Waals surface area (Å²) >= 11 is 2.60. The molecular weight excluding hydrogens is 358 g/mol. The first-order valence-electron chi connectivity index (χ1n) is 7.58. The van der Waals surface area contributed by atoms with Crippen molar-refractivity contribution in [1.82, 2.24) is 10.3 Å². The van der Waals surface area contributed by atoms with E-state index in [-0.39, 0.29) is 5.24 Å². The second-order valence-corrected chi connectivity index (χ2v) is 7.41. The molecule has 0 aliphatic carbocycles. The predicted octanol–water partition coefficient (Wildman–Crippen LogP) is 3.87. The summed E-state index contributed by atoms with van der Waals surface area (Å²) in [4.78, 5) is 28.7. The number of nitrogens with zero attached hydrogens (tertiary/aromatic N) is 1. The Morgan fingerprint density at radius 3 is 3.00 bits per heavy atom. The molecule has 2 N–H and O–H groups in total. The molecule has 126 valence electrons. The van der Waals surface area contributed by atoms with Gasteiger partial charge in [0.05, 0.1) is 16.8 Å². The lowest BCUT2D eigenvalue weighted by Crippen LogP contribution is -2.17. The van der Waals surface area contributed by atoms with Crippen molar-refractivity contribution in [3.05, 3.63) is 51.5 Å². The molecule has 0 atom stereocenters. The minimum absolute atomic E-state index is 0.323. The highest BCUT2D eigenvalue weighted by molar-refractivity contribution is 8.18. The predicted molar refractivity (Wildman–Crippen MR) is 99.6 cm³/mol. The number of anilines is 1. The van der Waals surface area contributed by atoms with Crippen molar-refractivity contribution >= 4 is 57.0 Å². The van der Waals surface area contributed by atoms with Crippen molar-refractivity contribution in [3.63, 3.8) is 0 Å². The molecule has 3 aromatic heterocycles. The Labute approximate surface area is 151 Å². The molecule has 0 spiro atoms. The molecule has 0 radical (unpaired) electrons. The zero-order valence-corrected chi connectivity index (χ0v) is 14.6. The van der Waals surface area contributed by atoms with Crippen molar-refractivity contribution in [1.29, 1.82) is 0 Å². The maximum absolute atomic E-state index is 11.6. The van der Waals surface area contributed by atoms with Crippen LogP contribution in [-0.2, 0) is 11.2 Å². The largest absolute Gasteiger partial charge is 0.454 e.